The highest BCUT2D eigenvalue weighted by Gasteiger charge is 2.38. The molecule has 1 aliphatic carbocycles. The summed E-state index contributed by atoms with van der Waals surface area (Å²) in [7, 11) is 0. The van der Waals surface area contributed by atoms with Crippen LogP contribution in [0.5, 0.6) is 0 Å². The van der Waals surface area contributed by atoms with Gasteiger partial charge in [0.1, 0.15) is 0 Å². The lowest BCUT2D eigenvalue weighted by atomic mass is 9.95. The fourth-order valence-corrected chi connectivity index (χ4v) is 2.20. The van der Waals surface area contributed by atoms with Crippen molar-refractivity contribution in [3.8, 4) is 0 Å². The van der Waals surface area contributed by atoms with Crippen molar-refractivity contribution in [3.05, 3.63) is 0 Å². The van der Waals surface area contributed by atoms with Crippen LogP contribution in [0.15, 0.2) is 0 Å². The van der Waals surface area contributed by atoms with Gasteiger partial charge in [-0.2, -0.15) is 0 Å². The zero-order chi connectivity index (χ0) is 10.6. The van der Waals surface area contributed by atoms with Crippen LogP contribution in [0.2, 0.25) is 0 Å². The van der Waals surface area contributed by atoms with Crippen molar-refractivity contribution in [2.24, 2.45) is 5.92 Å². The standard InChI is InChI=1S/C11H20O3/c1-3-9-5-6-11(13,7-9)8-10(12)14-4-2/h9,13H,3-8H2,1-2H3. The Hall–Kier alpha value is -0.570. The fraction of sp³-hybridized carbons (Fsp3) is 0.909. The van der Waals surface area contributed by atoms with Crippen LogP contribution in [0.1, 0.15) is 46.0 Å². The number of hydrogen-bond acceptors (Lipinski definition) is 3. The SMILES string of the molecule is CCOC(=O)CC1(O)CCC(CC)C1. The second kappa shape index (κ2) is 4.78. The van der Waals surface area contributed by atoms with Crippen LogP contribution in [-0.4, -0.2) is 23.3 Å². The monoisotopic (exact) mass is 200 g/mol. The summed E-state index contributed by atoms with van der Waals surface area (Å²) in [5.41, 5.74) is -0.785. The molecule has 0 aliphatic heterocycles. The third-order valence-corrected chi connectivity index (χ3v) is 3.04. The molecule has 0 bridgehead atoms. The summed E-state index contributed by atoms with van der Waals surface area (Å²) < 4.78 is 4.84. The van der Waals surface area contributed by atoms with Crippen molar-refractivity contribution in [2.75, 3.05) is 6.61 Å². The average Bonchev–Trinajstić information content (AvgIpc) is 2.47. The second-order valence-electron chi connectivity index (χ2n) is 4.22. The largest absolute Gasteiger partial charge is 0.466 e. The highest BCUT2D eigenvalue weighted by atomic mass is 16.5. The number of carbonyl (C=O) groups is 1. The predicted octanol–water partition coefficient (Wildman–Crippen LogP) is 1.88. The summed E-state index contributed by atoms with van der Waals surface area (Å²) in [4.78, 5) is 11.2. The molecule has 0 aromatic rings. The van der Waals surface area contributed by atoms with E-state index in [0.29, 0.717) is 12.5 Å². The smallest absolute Gasteiger partial charge is 0.308 e. The number of ether oxygens (including phenoxy) is 1. The molecule has 1 saturated carbocycles. The third kappa shape index (κ3) is 2.98. The topological polar surface area (TPSA) is 46.5 Å². The van der Waals surface area contributed by atoms with E-state index in [2.05, 4.69) is 6.92 Å². The molecule has 1 fully saturated rings. The molecule has 0 amide bonds. The summed E-state index contributed by atoms with van der Waals surface area (Å²) in [5, 5.41) is 10.1. The van der Waals surface area contributed by atoms with Gasteiger partial charge in [-0.3, -0.25) is 4.79 Å². The van der Waals surface area contributed by atoms with E-state index in [1.807, 2.05) is 0 Å². The minimum Gasteiger partial charge on any atom is -0.466 e. The van der Waals surface area contributed by atoms with Gasteiger partial charge in [-0.15, -0.1) is 0 Å². The zero-order valence-corrected chi connectivity index (χ0v) is 9.08. The Kier molecular flexibility index (Phi) is 3.93. The molecule has 2 atom stereocenters. The summed E-state index contributed by atoms with van der Waals surface area (Å²) in [6.45, 7) is 4.30. The third-order valence-electron chi connectivity index (χ3n) is 3.04. The lowest BCUT2D eigenvalue weighted by Gasteiger charge is -2.21. The molecule has 0 radical (unpaired) electrons. The normalized spacial score (nSPS) is 31.8. The maximum Gasteiger partial charge on any atom is 0.308 e. The Labute approximate surface area is 85.5 Å². The zero-order valence-electron chi connectivity index (χ0n) is 9.08. The fourth-order valence-electron chi connectivity index (χ4n) is 2.20. The predicted molar refractivity (Wildman–Crippen MR) is 53.8 cm³/mol. The van der Waals surface area contributed by atoms with Gasteiger partial charge >= 0.3 is 5.97 Å². The van der Waals surface area contributed by atoms with E-state index >= 15 is 0 Å². The molecule has 0 saturated heterocycles. The molecular weight excluding hydrogens is 180 g/mol. The van der Waals surface area contributed by atoms with Crippen molar-refractivity contribution in [2.45, 2.75) is 51.6 Å². The summed E-state index contributed by atoms with van der Waals surface area (Å²) in [6, 6.07) is 0. The van der Waals surface area contributed by atoms with E-state index < -0.39 is 5.60 Å². The molecule has 3 heteroatoms. The minimum absolute atomic E-state index is 0.164. The quantitative estimate of drug-likeness (QED) is 0.705. The molecule has 0 spiro atoms. The molecule has 1 rings (SSSR count). The number of hydrogen-bond donors (Lipinski definition) is 1. The Morgan fingerprint density at radius 3 is 2.79 bits per heavy atom. The molecule has 3 nitrogen and oxygen atoms in total. The van der Waals surface area contributed by atoms with Gasteiger partial charge < -0.3 is 9.84 Å². The van der Waals surface area contributed by atoms with Crippen LogP contribution in [0.25, 0.3) is 0 Å². The molecule has 0 aromatic carbocycles. The van der Waals surface area contributed by atoms with Gasteiger partial charge in [0.05, 0.1) is 18.6 Å². The maximum atomic E-state index is 11.2. The Balaban J connectivity index is 2.40. The van der Waals surface area contributed by atoms with Crippen LogP contribution >= 0.6 is 0 Å². The van der Waals surface area contributed by atoms with Crippen molar-refractivity contribution in [3.63, 3.8) is 0 Å². The van der Waals surface area contributed by atoms with E-state index in [1.165, 1.54) is 0 Å². The summed E-state index contributed by atoms with van der Waals surface area (Å²) in [6.07, 6.45) is 3.78. The number of rotatable bonds is 4. The first-order chi connectivity index (χ1) is 6.59. The van der Waals surface area contributed by atoms with E-state index in [0.717, 1.165) is 25.7 Å². The van der Waals surface area contributed by atoms with Crippen LogP contribution in [0.4, 0.5) is 0 Å². The number of carbonyl (C=O) groups excluding carboxylic acids is 1. The Bertz CT molecular complexity index is 203. The van der Waals surface area contributed by atoms with E-state index in [4.69, 9.17) is 4.74 Å². The van der Waals surface area contributed by atoms with Crippen LogP contribution in [0, 0.1) is 5.92 Å². The summed E-state index contributed by atoms with van der Waals surface area (Å²) in [5.74, 6) is 0.307. The van der Waals surface area contributed by atoms with Crippen molar-refractivity contribution < 1.29 is 14.6 Å². The van der Waals surface area contributed by atoms with Gasteiger partial charge in [0, 0.05) is 0 Å². The first-order valence-electron chi connectivity index (χ1n) is 5.47. The van der Waals surface area contributed by atoms with Crippen molar-refractivity contribution in [1.82, 2.24) is 0 Å². The average molecular weight is 200 g/mol. The van der Waals surface area contributed by atoms with Gasteiger partial charge in [-0.25, -0.2) is 0 Å². The molecule has 0 aromatic heterocycles. The van der Waals surface area contributed by atoms with Gasteiger partial charge in [0.2, 0.25) is 0 Å². The molecule has 14 heavy (non-hydrogen) atoms. The second-order valence-corrected chi connectivity index (χ2v) is 4.22. The molecule has 1 aliphatic rings. The van der Waals surface area contributed by atoms with Crippen molar-refractivity contribution in [1.29, 1.82) is 0 Å². The molecule has 0 heterocycles. The first-order valence-corrected chi connectivity index (χ1v) is 5.47. The van der Waals surface area contributed by atoms with E-state index in [9.17, 15) is 9.90 Å². The van der Waals surface area contributed by atoms with Gasteiger partial charge in [0.25, 0.3) is 0 Å². The first kappa shape index (κ1) is 11.5. The highest BCUT2D eigenvalue weighted by molar-refractivity contribution is 5.70. The van der Waals surface area contributed by atoms with Gasteiger partial charge in [-0.05, 0) is 32.1 Å². The van der Waals surface area contributed by atoms with Crippen LogP contribution in [0.3, 0.4) is 0 Å². The lowest BCUT2D eigenvalue weighted by Crippen LogP contribution is -2.29. The number of esters is 1. The van der Waals surface area contributed by atoms with E-state index in [-0.39, 0.29) is 12.4 Å². The molecule has 1 N–H and O–H groups in total. The Morgan fingerprint density at radius 1 is 1.57 bits per heavy atom. The minimum atomic E-state index is -0.785. The molecule has 82 valence electrons. The van der Waals surface area contributed by atoms with Gasteiger partial charge in [0.15, 0.2) is 0 Å². The molecular formula is C11H20O3. The van der Waals surface area contributed by atoms with Gasteiger partial charge in [-0.1, -0.05) is 13.3 Å². The lowest BCUT2D eigenvalue weighted by molar-refractivity contribution is -0.148. The maximum absolute atomic E-state index is 11.2. The summed E-state index contributed by atoms with van der Waals surface area (Å²) >= 11 is 0. The van der Waals surface area contributed by atoms with Crippen LogP contribution in [-0.2, 0) is 9.53 Å². The van der Waals surface area contributed by atoms with E-state index in [1.54, 1.807) is 6.92 Å². The van der Waals surface area contributed by atoms with Crippen LogP contribution < -0.4 is 0 Å². The Morgan fingerprint density at radius 2 is 2.29 bits per heavy atom. The highest BCUT2D eigenvalue weighted by Crippen LogP contribution is 2.38. The van der Waals surface area contributed by atoms with Crippen molar-refractivity contribution >= 4 is 5.97 Å². The number of aliphatic hydroxyl groups is 1. The molecule has 2 unspecified atom stereocenters.